The molecule has 4 rings (SSSR count). The second kappa shape index (κ2) is 10.5. The number of hydrogen-bond donors (Lipinski definition) is 1. The Kier molecular flexibility index (Phi) is 7.24. The summed E-state index contributed by atoms with van der Waals surface area (Å²) in [7, 11) is 0. The Bertz CT molecular complexity index is 1420. The summed E-state index contributed by atoms with van der Waals surface area (Å²) in [5.74, 6) is 0.963. The fourth-order valence-corrected chi connectivity index (χ4v) is 3.56. The number of hydrogen-bond acceptors (Lipinski definition) is 6. The number of aromatic nitrogens is 2. The maximum Gasteiger partial charge on any atom is 0.276 e. The summed E-state index contributed by atoms with van der Waals surface area (Å²) in [6.07, 6.45) is 1.62. The number of nitro benzene ring substituents is 1. The van der Waals surface area contributed by atoms with Gasteiger partial charge in [-0.3, -0.25) is 14.9 Å². The first kappa shape index (κ1) is 25.4. The maximum absolute atomic E-state index is 12.8. The van der Waals surface area contributed by atoms with E-state index in [1.807, 2.05) is 49.4 Å². The maximum atomic E-state index is 12.8. The predicted octanol–water partition coefficient (Wildman–Crippen LogP) is 6.48. The zero-order chi connectivity index (χ0) is 26.6. The molecule has 0 fully saturated rings. The monoisotopic (exact) mass is 500 g/mol. The zero-order valence-corrected chi connectivity index (χ0v) is 21.1. The number of benzene rings is 3. The van der Waals surface area contributed by atoms with Gasteiger partial charge in [0.2, 0.25) is 0 Å². The number of nitrogens with one attached hydrogen (secondary N) is 1. The molecule has 9 heteroatoms. The van der Waals surface area contributed by atoms with E-state index in [2.05, 4.69) is 31.2 Å². The molecule has 0 radical (unpaired) electrons. The Hall–Kier alpha value is -4.66. The predicted molar refractivity (Wildman–Crippen MR) is 140 cm³/mol. The largest absolute Gasteiger partial charge is 0.471 e. The van der Waals surface area contributed by atoms with Gasteiger partial charge in [0.15, 0.2) is 12.4 Å². The quantitative estimate of drug-likeness (QED) is 0.219. The van der Waals surface area contributed by atoms with Crippen molar-refractivity contribution in [3.8, 4) is 17.2 Å². The van der Waals surface area contributed by atoms with E-state index >= 15 is 0 Å². The van der Waals surface area contributed by atoms with E-state index in [1.54, 1.807) is 18.3 Å². The molecule has 0 aliphatic carbocycles. The fourth-order valence-electron chi connectivity index (χ4n) is 3.56. The first-order chi connectivity index (χ1) is 17.6. The Morgan fingerprint density at radius 3 is 2.43 bits per heavy atom. The Morgan fingerprint density at radius 1 is 1.03 bits per heavy atom. The number of nitrogens with zero attached hydrogens (tertiary/aromatic N) is 3. The van der Waals surface area contributed by atoms with Crippen molar-refractivity contribution < 1.29 is 19.2 Å². The molecule has 0 saturated carbocycles. The van der Waals surface area contributed by atoms with Crippen LogP contribution in [0.5, 0.6) is 17.2 Å². The van der Waals surface area contributed by atoms with Gasteiger partial charge in [0.1, 0.15) is 17.2 Å². The lowest BCUT2D eigenvalue weighted by molar-refractivity contribution is -0.384. The number of amides is 1. The summed E-state index contributed by atoms with van der Waals surface area (Å²) in [5, 5.41) is 18.4. The Labute approximate surface area is 214 Å². The fraction of sp³-hybridized carbons (Fsp3) is 0.214. The molecule has 1 heterocycles. The van der Waals surface area contributed by atoms with Crippen LogP contribution in [-0.2, 0) is 12.1 Å². The SMILES string of the molecule is Cc1ccccc1Oc1cc(NC(=O)c2ccn(COc3ccc(C(C)(C)C)cc3)n2)cc([N+](=O)[O-])c1. The van der Waals surface area contributed by atoms with Gasteiger partial charge in [-0.1, -0.05) is 51.1 Å². The van der Waals surface area contributed by atoms with Crippen LogP contribution < -0.4 is 14.8 Å². The average molecular weight is 501 g/mol. The number of rotatable bonds is 8. The average Bonchev–Trinajstić information content (AvgIpc) is 3.33. The summed E-state index contributed by atoms with van der Waals surface area (Å²) in [6.45, 7) is 8.42. The second-order valence-corrected chi connectivity index (χ2v) is 9.58. The summed E-state index contributed by atoms with van der Waals surface area (Å²) < 4.78 is 13.1. The van der Waals surface area contributed by atoms with E-state index in [9.17, 15) is 14.9 Å². The number of nitro groups is 1. The first-order valence-electron chi connectivity index (χ1n) is 11.7. The number of para-hydroxylation sites is 1. The van der Waals surface area contributed by atoms with Gasteiger partial charge in [-0.25, -0.2) is 4.68 Å². The number of anilines is 1. The standard InChI is InChI=1S/C28H28N4O5/c1-19-7-5-6-8-26(19)37-24-16-21(15-22(17-24)32(34)35)29-27(33)25-13-14-31(30-25)18-36-23-11-9-20(10-12-23)28(2,3)4/h5-17H,18H2,1-4H3,(H,29,33). The number of carbonyl (C=O) groups excluding carboxylic acids is 1. The second-order valence-electron chi connectivity index (χ2n) is 9.58. The van der Waals surface area contributed by atoms with Gasteiger partial charge in [0.05, 0.1) is 16.7 Å². The van der Waals surface area contributed by atoms with Crippen LogP contribution in [0.1, 0.15) is 42.4 Å². The third kappa shape index (κ3) is 6.52. The summed E-state index contributed by atoms with van der Waals surface area (Å²) in [6, 6.07) is 20.8. The third-order valence-electron chi connectivity index (χ3n) is 5.64. The Balaban J connectivity index is 1.43. The van der Waals surface area contributed by atoms with Crippen LogP contribution in [0.2, 0.25) is 0 Å². The van der Waals surface area contributed by atoms with Gasteiger partial charge < -0.3 is 14.8 Å². The molecule has 0 spiro atoms. The number of non-ortho nitro benzene ring substituents is 1. The van der Waals surface area contributed by atoms with Crippen molar-refractivity contribution in [1.82, 2.24) is 9.78 Å². The van der Waals surface area contributed by atoms with Crippen molar-refractivity contribution >= 4 is 17.3 Å². The lowest BCUT2D eigenvalue weighted by Gasteiger charge is -2.19. The molecule has 1 amide bonds. The van der Waals surface area contributed by atoms with Crippen molar-refractivity contribution in [2.75, 3.05) is 5.32 Å². The highest BCUT2D eigenvalue weighted by molar-refractivity contribution is 6.03. The van der Waals surface area contributed by atoms with Gasteiger partial charge in [-0.05, 0) is 47.7 Å². The molecule has 0 aliphatic rings. The van der Waals surface area contributed by atoms with Crippen molar-refractivity contribution in [2.45, 2.75) is 39.8 Å². The molecule has 4 aromatic rings. The molecule has 9 nitrogen and oxygen atoms in total. The minimum absolute atomic E-state index is 0.0509. The minimum Gasteiger partial charge on any atom is -0.471 e. The summed E-state index contributed by atoms with van der Waals surface area (Å²) in [4.78, 5) is 23.7. The van der Waals surface area contributed by atoms with Crippen LogP contribution in [0.3, 0.4) is 0 Å². The van der Waals surface area contributed by atoms with Gasteiger partial charge in [-0.15, -0.1) is 0 Å². The molecule has 0 atom stereocenters. The van der Waals surface area contributed by atoms with Crippen LogP contribution in [-0.4, -0.2) is 20.6 Å². The molecule has 190 valence electrons. The van der Waals surface area contributed by atoms with Gasteiger partial charge in [0.25, 0.3) is 11.6 Å². The summed E-state index contributed by atoms with van der Waals surface area (Å²) in [5.41, 5.74) is 2.27. The van der Waals surface area contributed by atoms with Crippen molar-refractivity contribution in [2.24, 2.45) is 0 Å². The highest BCUT2D eigenvalue weighted by Crippen LogP contribution is 2.31. The normalized spacial score (nSPS) is 11.1. The lowest BCUT2D eigenvalue weighted by atomic mass is 9.87. The van der Waals surface area contributed by atoms with E-state index in [4.69, 9.17) is 9.47 Å². The smallest absolute Gasteiger partial charge is 0.276 e. The number of ether oxygens (including phenoxy) is 2. The Morgan fingerprint density at radius 2 is 1.76 bits per heavy atom. The van der Waals surface area contributed by atoms with Crippen LogP contribution >= 0.6 is 0 Å². The van der Waals surface area contributed by atoms with Gasteiger partial charge in [-0.2, -0.15) is 5.10 Å². The van der Waals surface area contributed by atoms with E-state index in [-0.39, 0.29) is 35.0 Å². The van der Waals surface area contributed by atoms with E-state index in [0.29, 0.717) is 11.5 Å². The molecule has 1 aromatic heterocycles. The highest BCUT2D eigenvalue weighted by Gasteiger charge is 2.16. The topological polar surface area (TPSA) is 109 Å². The lowest BCUT2D eigenvalue weighted by Crippen LogP contribution is -2.14. The summed E-state index contributed by atoms with van der Waals surface area (Å²) >= 11 is 0. The molecule has 3 aromatic carbocycles. The first-order valence-corrected chi connectivity index (χ1v) is 11.7. The molecule has 0 aliphatic heterocycles. The zero-order valence-electron chi connectivity index (χ0n) is 21.1. The van der Waals surface area contributed by atoms with Crippen molar-refractivity contribution in [3.05, 3.63) is 106 Å². The molecular weight excluding hydrogens is 472 g/mol. The van der Waals surface area contributed by atoms with Crippen LogP contribution in [0.15, 0.2) is 79.0 Å². The van der Waals surface area contributed by atoms with Crippen LogP contribution in [0.4, 0.5) is 11.4 Å². The molecule has 37 heavy (non-hydrogen) atoms. The van der Waals surface area contributed by atoms with E-state index in [1.165, 1.54) is 28.4 Å². The van der Waals surface area contributed by atoms with Crippen molar-refractivity contribution in [3.63, 3.8) is 0 Å². The molecule has 0 unspecified atom stereocenters. The molecular formula is C28H28N4O5. The third-order valence-corrected chi connectivity index (χ3v) is 5.64. The molecule has 1 N–H and O–H groups in total. The van der Waals surface area contributed by atoms with Crippen molar-refractivity contribution in [1.29, 1.82) is 0 Å². The molecule has 0 saturated heterocycles. The highest BCUT2D eigenvalue weighted by atomic mass is 16.6. The minimum atomic E-state index is -0.541. The van der Waals surface area contributed by atoms with Gasteiger partial charge in [0, 0.05) is 18.3 Å². The molecule has 0 bridgehead atoms. The van der Waals surface area contributed by atoms with Crippen LogP contribution in [0.25, 0.3) is 0 Å². The number of carbonyl (C=O) groups is 1. The van der Waals surface area contributed by atoms with E-state index in [0.717, 1.165) is 5.56 Å². The van der Waals surface area contributed by atoms with E-state index < -0.39 is 10.8 Å². The van der Waals surface area contributed by atoms with Gasteiger partial charge >= 0.3 is 0 Å². The number of aryl methyl sites for hydroxylation is 1. The van der Waals surface area contributed by atoms with Crippen LogP contribution in [0, 0.1) is 17.0 Å².